The standard InChI is InChI=1S/C28H24BrIN2O3/c1-2-34-26-15-20(17-31-32-27(33)16-19-10-12-23(29)13-11-19)14-25(30)28(26)35-18-22-8-5-7-21-6-3-4-9-24(21)22/h3-15,17H,2,16,18H2,1H3,(H,32,33)/b31-17-. The summed E-state index contributed by atoms with van der Waals surface area (Å²) in [5.41, 5.74) is 5.42. The van der Waals surface area contributed by atoms with Gasteiger partial charge in [0.15, 0.2) is 11.5 Å². The van der Waals surface area contributed by atoms with Crippen LogP contribution < -0.4 is 14.9 Å². The van der Waals surface area contributed by atoms with Gasteiger partial charge in [0.25, 0.3) is 0 Å². The normalized spacial score (nSPS) is 11.1. The van der Waals surface area contributed by atoms with E-state index in [1.54, 1.807) is 6.21 Å². The molecule has 35 heavy (non-hydrogen) atoms. The zero-order chi connectivity index (χ0) is 24.6. The number of fused-ring (bicyclic) bond motifs is 1. The predicted molar refractivity (Wildman–Crippen MR) is 152 cm³/mol. The Balaban J connectivity index is 1.45. The number of nitrogens with zero attached hydrogens (tertiary/aromatic N) is 1. The summed E-state index contributed by atoms with van der Waals surface area (Å²) >= 11 is 5.63. The van der Waals surface area contributed by atoms with Gasteiger partial charge in [-0.15, -0.1) is 0 Å². The third kappa shape index (κ3) is 6.82. The van der Waals surface area contributed by atoms with Crippen molar-refractivity contribution in [2.45, 2.75) is 20.0 Å². The first-order valence-electron chi connectivity index (χ1n) is 11.2. The average molecular weight is 643 g/mol. The fraction of sp³-hybridized carbons (Fsp3) is 0.143. The summed E-state index contributed by atoms with van der Waals surface area (Å²) in [6, 6.07) is 25.9. The number of hydrogen-bond donors (Lipinski definition) is 1. The molecule has 4 aromatic rings. The van der Waals surface area contributed by atoms with Gasteiger partial charge >= 0.3 is 0 Å². The van der Waals surface area contributed by atoms with Crippen LogP contribution in [0.5, 0.6) is 11.5 Å². The topological polar surface area (TPSA) is 59.9 Å². The summed E-state index contributed by atoms with van der Waals surface area (Å²) in [6.45, 7) is 2.87. The molecule has 0 radical (unpaired) electrons. The molecule has 0 saturated carbocycles. The van der Waals surface area contributed by atoms with Crippen molar-refractivity contribution in [2.24, 2.45) is 5.10 Å². The molecule has 0 atom stereocenters. The fourth-order valence-corrected chi connectivity index (χ4v) is 4.69. The Hall–Kier alpha value is -2.91. The highest BCUT2D eigenvalue weighted by atomic mass is 127. The molecule has 1 amide bonds. The van der Waals surface area contributed by atoms with Crippen LogP contribution in [0.15, 0.2) is 88.4 Å². The molecule has 0 heterocycles. The number of hydrazone groups is 1. The van der Waals surface area contributed by atoms with E-state index in [2.05, 4.69) is 73.3 Å². The highest BCUT2D eigenvalue weighted by molar-refractivity contribution is 14.1. The van der Waals surface area contributed by atoms with Crippen molar-refractivity contribution < 1.29 is 14.3 Å². The molecule has 0 unspecified atom stereocenters. The van der Waals surface area contributed by atoms with E-state index >= 15 is 0 Å². The monoisotopic (exact) mass is 642 g/mol. The molecule has 7 heteroatoms. The number of nitrogens with one attached hydrogen (secondary N) is 1. The van der Waals surface area contributed by atoms with Crippen LogP contribution in [0.2, 0.25) is 0 Å². The van der Waals surface area contributed by atoms with Crippen LogP contribution in [0.1, 0.15) is 23.6 Å². The maximum Gasteiger partial charge on any atom is 0.244 e. The van der Waals surface area contributed by atoms with Crippen molar-refractivity contribution in [3.05, 3.63) is 104 Å². The molecule has 0 spiro atoms. The molecule has 5 nitrogen and oxygen atoms in total. The Morgan fingerprint density at radius 2 is 1.80 bits per heavy atom. The Morgan fingerprint density at radius 3 is 2.60 bits per heavy atom. The summed E-state index contributed by atoms with van der Waals surface area (Å²) in [6.07, 6.45) is 1.87. The number of amides is 1. The molecule has 0 aliphatic carbocycles. The van der Waals surface area contributed by atoms with Crippen molar-refractivity contribution in [1.29, 1.82) is 0 Å². The highest BCUT2D eigenvalue weighted by Gasteiger charge is 2.13. The number of benzene rings is 4. The zero-order valence-electron chi connectivity index (χ0n) is 19.1. The van der Waals surface area contributed by atoms with Gasteiger partial charge < -0.3 is 9.47 Å². The number of hydrogen-bond acceptors (Lipinski definition) is 4. The third-order valence-corrected chi connectivity index (χ3v) is 6.59. The minimum Gasteiger partial charge on any atom is -0.490 e. The molecule has 4 rings (SSSR count). The molecule has 178 valence electrons. The van der Waals surface area contributed by atoms with Crippen molar-refractivity contribution in [3.8, 4) is 11.5 Å². The van der Waals surface area contributed by atoms with Crippen molar-refractivity contribution in [1.82, 2.24) is 5.43 Å². The molecule has 1 N–H and O–H groups in total. The van der Waals surface area contributed by atoms with E-state index in [0.717, 1.165) is 24.7 Å². The van der Waals surface area contributed by atoms with E-state index in [1.165, 1.54) is 10.8 Å². The highest BCUT2D eigenvalue weighted by Crippen LogP contribution is 2.35. The first kappa shape index (κ1) is 25.2. The molecule has 0 saturated heterocycles. The first-order valence-corrected chi connectivity index (χ1v) is 13.0. The van der Waals surface area contributed by atoms with Gasteiger partial charge in [-0.1, -0.05) is 70.5 Å². The second kappa shape index (κ2) is 12.2. The van der Waals surface area contributed by atoms with E-state index in [9.17, 15) is 4.79 Å². The fourth-order valence-electron chi connectivity index (χ4n) is 3.64. The Kier molecular flexibility index (Phi) is 8.76. The summed E-state index contributed by atoms with van der Waals surface area (Å²) in [5, 5.41) is 6.48. The lowest BCUT2D eigenvalue weighted by Gasteiger charge is -2.15. The summed E-state index contributed by atoms with van der Waals surface area (Å²) in [7, 11) is 0. The Labute approximate surface area is 226 Å². The second-order valence-electron chi connectivity index (χ2n) is 7.79. The third-order valence-electron chi connectivity index (χ3n) is 5.26. The van der Waals surface area contributed by atoms with Crippen LogP contribution in [0, 0.1) is 3.57 Å². The summed E-state index contributed by atoms with van der Waals surface area (Å²) in [4.78, 5) is 12.2. The van der Waals surface area contributed by atoms with E-state index < -0.39 is 0 Å². The zero-order valence-corrected chi connectivity index (χ0v) is 22.9. The van der Waals surface area contributed by atoms with Crippen LogP contribution in [0.4, 0.5) is 0 Å². The van der Waals surface area contributed by atoms with Crippen LogP contribution in [0.25, 0.3) is 10.8 Å². The quantitative estimate of drug-likeness (QED) is 0.123. The van der Waals surface area contributed by atoms with Gasteiger partial charge in [-0.05, 0) is 81.2 Å². The smallest absolute Gasteiger partial charge is 0.244 e. The molecule has 0 aliphatic rings. The number of rotatable bonds is 9. The Bertz CT molecular complexity index is 1350. The van der Waals surface area contributed by atoms with Gasteiger partial charge in [-0.25, -0.2) is 5.43 Å². The maximum absolute atomic E-state index is 12.2. The number of carbonyl (C=O) groups excluding carboxylic acids is 1. The lowest BCUT2D eigenvalue weighted by molar-refractivity contribution is -0.120. The maximum atomic E-state index is 12.2. The molecular formula is C28H24BrIN2O3. The van der Waals surface area contributed by atoms with Gasteiger partial charge in [0.2, 0.25) is 5.91 Å². The van der Waals surface area contributed by atoms with Gasteiger partial charge in [-0.2, -0.15) is 5.10 Å². The van der Waals surface area contributed by atoms with E-state index in [0.29, 0.717) is 24.7 Å². The molecule has 4 aromatic carbocycles. The van der Waals surface area contributed by atoms with Gasteiger partial charge in [-0.3, -0.25) is 4.79 Å². The van der Waals surface area contributed by atoms with Gasteiger partial charge in [0.1, 0.15) is 6.61 Å². The molecule has 0 bridgehead atoms. The average Bonchev–Trinajstić information content (AvgIpc) is 2.85. The van der Waals surface area contributed by atoms with E-state index in [1.807, 2.05) is 61.5 Å². The SMILES string of the molecule is CCOc1cc(/C=N\NC(=O)Cc2ccc(Br)cc2)cc(I)c1OCc1cccc2ccccc12. The first-order chi connectivity index (χ1) is 17.0. The lowest BCUT2D eigenvalue weighted by Crippen LogP contribution is -2.19. The molecule has 0 aliphatic heterocycles. The predicted octanol–water partition coefficient (Wildman–Crippen LogP) is 6.88. The minimum atomic E-state index is -0.182. The van der Waals surface area contributed by atoms with E-state index in [-0.39, 0.29) is 12.3 Å². The summed E-state index contributed by atoms with van der Waals surface area (Å²) < 4.78 is 14.0. The van der Waals surface area contributed by atoms with Crippen molar-refractivity contribution in [3.63, 3.8) is 0 Å². The summed E-state index contributed by atoms with van der Waals surface area (Å²) in [5.74, 6) is 1.15. The Morgan fingerprint density at radius 1 is 1.03 bits per heavy atom. The van der Waals surface area contributed by atoms with Crippen LogP contribution in [-0.4, -0.2) is 18.7 Å². The van der Waals surface area contributed by atoms with Crippen LogP contribution in [0.3, 0.4) is 0 Å². The second-order valence-corrected chi connectivity index (χ2v) is 9.86. The molecular weight excluding hydrogens is 619 g/mol. The van der Waals surface area contributed by atoms with Crippen molar-refractivity contribution in [2.75, 3.05) is 6.61 Å². The van der Waals surface area contributed by atoms with Crippen molar-refractivity contribution >= 4 is 61.4 Å². The molecule has 0 fully saturated rings. The number of halogens is 2. The number of carbonyl (C=O) groups is 1. The lowest BCUT2D eigenvalue weighted by atomic mass is 10.1. The largest absolute Gasteiger partial charge is 0.490 e. The number of ether oxygens (including phenoxy) is 2. The minimum absolute atomic E-state index is 0.182. The van der Waals surface area contributed by atoms with Crippen LogP contribution in [-0.2, 0) is 17.8 Å². The van der Waals surface area contributed by atoms with E-state index in [4.69, 9.17) is 9.47 Å². The van der Waals surface area contributed by atoms with Gasteiger partial charge in [0, 0.05) is 4.47 Å². The van der Waals surface area contributed by atoms with Gasteiger partial charge in [0.05, 0.1) is 22.8 Å². The molecule has 0 aromatic heterocycles. The van der Waals surface area contributed by atoms with Crippen LogP contribution >= 0.6 is 38.5 Å².